The molecule has 1 aliphatic rings. The van der Waals surface area contributed by atoms with Gasteiger partial charge in [0.05, 0.1) is 6.10 Å². The van der Waals surface area contributed by atoms with E-state index in [4.69, 9.17) is 0 Å². The summed E-state index contributed by atoms with van der Waals surface area (Å²) in [7, 11) is 0. The van der Waals surface area contributed by atoms with E-state index >= 15 is 0 Å². The lowest BCUT2D eigenvalue weighted by molar-refractivity contribution is 0.166. The maximum Gasteiger partial charge on any atom is 0.0578 e. The van der Waals surface area contributed by atoms with Gasteiger partial charge in [-0.05, 0) is 42.5 Å². The molecule has 0 saturated heterocycles. The summed E-state index contributed by atoms with van der Waals surface area (Å²) in [6.07, 6.45) is 8.26. The predicted octanol–water partition coefficient (Wildman–Crippen LogP) is 2.01. The summed E-state index contributed by atoms with van der Waals surface area (Å²) in [5.41, 5.74) is 2.58. The molecule has 0 spiro atoms. The predicted molar refractivity (Wildman–Crippen MR) is 52.1 cm³/mol. The van der Waals surface area contributed by atoms with E-state index in [0.29, 0.717) is 0 Å². The van der Waals surface area contributed by atoms with Crippen LogP contribution in [-0.4, -0.2) is 16.2 Å². The highest BCUT2D eigenvalue weighted by atomic mass is 16.3. The second kappa shape index (κ2) is 3.71. The number of aromatic nitrogens is 1. The summed E-state index contributed by atoms with van der Waals surface area (Å²) in [6, 6.07) is 4.03. The molecule has 0 bridgehead atoms. The van der Waals surface area contributed by atoms with E-state index in [1.54, 1.807) is 12.4 Å². The quantitative estimate of drug-likeness (QED) is 0.708. The second-order valence-electron chi connectivity index (χ2n) is 3.39. The first-order valence-corrected chi connectivity index (χ1v) is 4.64. The van der Waals surface area contributed by atoms with Gasteiger partial charge in [-0.2, -0.15) is 0 Å². The zero-order valence-electron chi connectivity index (χ0n) is 7.48. The molecule has 0 amide bonds. The molecule has 68 valence electrons. The minimum Gasteiger partial charge on any atom is -0.393 e. The summed E-state index contributed by atoms with van der Waals surface area (Å²) in [6.45, 7) is 0. The van der Waals surface area contributed by atoms with E-state index in [1.165, 1.54) is 11.1 Å². The largest absolute Gasteiger partial charge is 0.393 e. The second-order valence-corrected chi connectivity index (χ2v) is 3.39. The van der Waals surface area contributed by atoms with Crippen molar-refractivity contribution in [1.29, 1.82) is 0 Å². The van der Waals surface area contributed by atoms with Crippen LogP contribution in [0.4, 0.5) is 0 Å². The Kier molecular flexibility index (Phi) is 2.41. The molecule has 2 rings (SSSR count). The first-order valence-electron chi connectivity index (χ1n) is 4.64. The molecule has 1 unspecified atom stereocenters. The Hall–Kier alpha value is -1.15. The molecule has 0 aliphatic heterocycles. The number of allylic oxidation sites excluding steroid dienone is 1. The fourth-order valence-corrected chi connectivity index (χ4v) is 1.65. The molecule has 1 aliphatic carbocycles. The van der Waals surface area contributed by atoms with Gasteiger partial charge in [0.25, 0.3) is 0 Å². The molecule has 1 aromatic rings. The van der Waals surface area contributed by atoms with E-state index in [1.807, 2.05) is 12.1 Å². The fourth-order valence-electron chi connectivity index (χ4n) is 1.65. The van der Waals surface area contributed by atoms with Gasteiger partial charge in [-0.1, -0.05) is 6.08 Å². The SMILES string of the molecule is OC1CC=C(c2ccncc2)CC1. The fraction of sp³-hybridized carbons (Fsp3) is 0.364. The minimum absolute atomic E-state index is 0.134. The molecular formula is C11H13NO. The molecule has 0 aromatic carbocycles. The van der Waals surface area contributed by atoms with E-state index in [2.05, 4.69) is 11.1 Å². The van der Waals surface area contributed by atoms with Crippen molar-refractivity contribution in [3.63, 3.8) is 0 Å². The number of hydrogen-bond donors (Lipinski definition) is 1. The summed E-state index contributed by atoms with van der Waals surface area (Å²) >= 11 is 0. The van der Waals surface area contributed by atoms with Crippen molar-refractivity contribution < 1.29 is 5.11 Å². The molecule has 1 heterocycles. The lowest BCUT2D eigenvalue weighted by Crippen LogP contribution is -2.09. The Morgan fingerprint density at radius 1 is 1.31 bits per heavy atom. The van der Waals surface area contributed by atoms with Gasteiger partial charge in [0.2, 0.25) is 0 Å². The van der Waals surface area contributed by atoms with Crippen LogP contribution in [0.25, 0.3) is 5.57 Å². The molecule has 0 radical (unpaired) electrons. The maximum absolute atomic E-state index is 9.32. The lowest BCUT2D eigenvalue weighted by Gasteiger charge is -2.17. The van der Waals surface area contributed by atoms with Crippen molar-refractivity contribution in [3.8, 4) is 0 Å². The van der Waals surface area contributed by atoms with Gasteiger partial charge in [-0.15, -0.1) is 0 Å². The van der Waals surface area contributed by atoms with E-state index in [0.717, 1.165) is 19.3 Å². The van der Waals surface area contributed by atoms with Crippen LogP contribution in [0.2, 0.25) is 0 Å². The molecule has 2 nitrogen and oxygen atoms in total. The smallest absolute Gasteiger partial charge is 0.0578 e. The monoisotopic (exact) mass is 175 g/mol. The Bertz CT molecular complexity index is 305. The highest BCUT2D eigenvalue weighted by molar-refractivity contribution is 5.65. The molecule has 1 atom stereocenters. The van der Waals surface area contributed by atoms with E-state index < -0.39 is 0 Å². The average Bonchev–Trinajstić information content (AvgIpc) is 2.20. The summed E-state index contributed by atoms with van der Waals surface area (Å²) in [5, 5.41) is 9.32. The zero-order valence-corrected chi connectivity index (χ0v) is 7.48. The van der Waals surface area contributed by atoms with E-state index in [-0.39, 0.29) is 6.10 Å². The minimum atomic E-state index is -0.134. The highest BCUT2D eigenvalue weighted by Gasteiger charge is 2.11. The van der Waals surface area contributed by atoms with Gasteiger partial charge in [0, 0.05) is 12.4 Å². The molecule has 0 saturated carbocycles. The number of aliphatic hydroxyl groups is 1. The third-order valence-electron chi connectivity index (χ3n) is 2.43. The number of rotatable bonds is 1. The molecular weight excluding hydrogens is 162 g/mol. The maximum atomic E-state index is 9.32. The summed E-state index contributed by atoms with van der Waals surface area (Å²) in [5.74, 6) is 0. The van der Waals surface area contributed by atoms with Crippen molar-refractivity contribution >= 4 is 5.57 Å². The average molecular weight is 175 g/mol. The number of aliphatic hydroxyl groups excluding tert-OH is 1. The van der Waals surface area contributed by atoms with Crippen LogP contribution in [0.5, 0.6) is 0 Å². The van der Waals surface area contributed by atoms with Gasteiger partial charge in [-0.25, -0.2) is 0 Å². The summed E-state index contributed by atoms with van der Waals surface area (Å²) < 4.78 is 0. The molecule has 0 fully saturated rings. The standard InChI is InChI=1S/C11H13NO/c13-11-3-1-9(2-4-11)10-5-7-12-8-6-10/h1,5-8,11,13H,2-4H2. The molecule has 1 N–H and O–H groups in total. The van der Waals surface area contributed by atoms with Crippen molar-refractivity contribution in [3.05, 3.63) is 36.2 Å². The number of pyridine rings is 1. The van der Waals surface area contributed by atoms with Gasteiger partial charge in [0.15, 0.2) is 0 Å². The Balaban J connectivity index is 2.19. The van der Waals surface area contributed by atoms with Crippen LogP contribution >= 0.6 is 0 Å². The highest BCUT2D eigenvalue weighted by Crippen LogP contribution is 2.26. The molecule has 13 heavy (non-hydrogen) atoms. The third kappa shape index (κ3) is 1.95. The Labute approximate surface area is 77.9 Å². The Morgan fingerprint density at radius 3 is 2.69 bits per heavy atom. The first-order chi connectivity index (χ1) is 6.36. The van der Waals surface area contributed by atoms with Crippen molar-refractivity contribution in [2.45, 2.75) is 25.4 Å². The van der Waals surface area contributed by atoms with Gasteiger partial charge in [0.1, 0.15) is 0 Å². The number of hydrogen-bond acceptors (Lipinski definition) is 2. The Morgan fingerprint density at radius 2 is 2.08 bits per heavy atom. The number of nitrogens with zero attached hydrogens (tertiary/aromatic N) is 1. The van der Waals surface area contributed by atoms with E-state index in [9.17, 15) is 5.11 Å². The van der Waals surface area contributed by atoms with Crippen LogP contribution in [-0.2, 0) is 0 Å². The molecule has 2 heteroatoms. The van der Waals surface area contributed by atoms with Crippen LogP contribution in [0.1, 0.15) is 24.8 Å². The van der Waals surface area contributed by atoms with Crippen LogP contribution in [0.3, 0.4) is 0 Å². The topological polar surface area (TPSA) is 33.1 Å². The van der Waals surface area contributed by atoms with Gasteiger partial charge in [-0.3, -0.25) is 4.98 Å². The van der Waals surface area contributed by atoms with Gasteiger partial charge >= 0.3 is 0 Å². The lowest BCUT2D eigenvalue weighted by atomic mass is 9.93. The first kappa shape index (κ1) is 8.45. The third-order valence-corrected chi connectivity index (χ3v) is 2.43. The van der Waals surface area contributed by atoms with Crippen LogP contribution in [0, 0.1) is 0 Å². The normalized spacial score (nSPS) is 22.5. The van der Waals surface area contributed by atoms with Crippen LogP contribution < -0.4 is 0 Å². The van der Waals surface area contributed by atoms with Crippen molar-refractivity contribution in [1.82, 2.24) is 4.98 Å². The van der Waals surface area contributed by atoms with Crippen molar-refractivity contribution in [2.75, 3.05) is 0 Å². The summed E-state index contributed by atoms with van der Waals surface area (Å²) in [4.78, 5) is 3.98. The van der Waals surface area contributed by atoms with Crippen LogP contribution in [0.15, 0.2) is 30.6 Å². The van der Waals surface area contributed by atoms with Gasteiger partial charge < -0.3 is 5.11 Å². The van der Waals surface area contributed by atoms with Crippen molar-refractivity contribution in [2.24, 2.45) is 0 Å². The zero-order chi connectivity index (χ0) is 9.10. The molecule has 1 aromatic heterocycles.